The molecule has 0 saturated carbocycles. The van der Waals surface area contributed by atoms with Gasteiger partial charge in [0.05, 0.1) is 11.8 Å². The molecule has 1 N–H and O–H groups in total. The second-order valence-electron chi connectivity index (χ2n) is 10.3. The zero-order valence-electron chi connectivity index (χ0n) is 24.1. The fourth-order valence-corrected chi connectivity index (χ4v) is 5.04. The highest BCUT2D eigenvalue weighted by Gasteiger charge is 2.19. The second kappa shape index (κ2) is 12.0. The predicted octanol–water partition coefficient (Wildman–Crippen LogP) is 6.31. The Balaban J connectivity index is 1.25. The van der Waals surface area contributed by atoms with Crippen molar-refractivity contribution in [1.29, 1.82) is 0 Å². The van der Waals surface area contributed by atoms with E-state index in [9.17, 15) is 18.8 Å². The van der Waals surface area contributed by atoms with Crippen LogP contribution in [-0.4, -0.2) is 30.9 Å². The Labute approximate surface area is 255 Å². The van der Waals surface area contributed by atoms with Gasteiger partial charge in [-0.3, -0.25) is 19.0 Å². The number of carbonyl (C=O) groups is 2. The van der Waals surface area contributed by atoms with Crippen molar-refractivity contribution in [3.8, 4) is 28.3 Å². The number of nitrogens with zero attached hydrogens (tertiary/aromatic N) is 4. The summed E-state index contributed by atoms with van der Waals surface area (Å²) in [5.41, 5.74) is 2.71. The summed E-state index contributed by atoms with van der Waals surface area (Å²) in [4.78, 5) is 42.1. The highest BCUT2D eigenvalue weighted by molar-refractivity contribution is 5.98. The van der Waals surface area contributed by atoms with Crippen molar-refractivity contribution in [3.63, 3.8) is 0 Å². The third-order valence-electron chi connectivity index (χ3n) is 7.16. The topological polar surface area (TPSA) is 108 Å². The lowest BCUT2D eigenvalue weighted by atomic mass is 10.0. The Kier molecular flexibility index (Phi) is 7.74. The maximum Gasteiger partial charge on any atom is 0.266 e. The molecule has 0 saturated heterocycles. The Morgan fingerprint density at radius 1 is 0.933 bits per heavy atom. The molecule has 0 aliphatic heterocycles. The van der Waals surface area contributed by atoms with Gasteiger partial charge in [-0.05, 0) is 78.7 Å². The van der Waals surface area contributed by atoms with Gasteiger partial charge in [0, 0.05) is 54.8 Å². The first-order chi connectivity index (χ1) is 21.7. The molecular weight excluding hydrogens is 580 g/mol. The third kappa shape index (κ3) is 5.96. The van der Waals surface area contributed by atoms with Crippen LogP contribution >= 0.6 is 0 Å². The minimum Gasteiger partial charge on any atom is -0.452 e. The zero-order chi connectivity index (χ0) is 31.7. The van der Waals surface area contributed by atoms with Crippen LogP contribution in [0, 0.1) is 18.6 Å². The van der Waals surface area contributed by atoms with Crippen LogP contribution in [0.1, 0.15) is 28.4 Å². The Morgan fingerprint density at radius 3 is 2.44 bits per heavy atom. The van der Waals surface area contributed by atoms with Crippen LogP contribution in [0.3, 0.4) is 0 Å². The number of ether oxygens (including phenoxy) is 1. The molecule has 4 heterocycles. The van der Waals surface area contributed by atoms with Crippen molar-refractivity contribution in [2.45, 2.75) is 20.3 Å². The first kappa shape index (κ1) is 29.1. The summed E-state index contributed by atoms with van der Waals surface area (Å²) >= 11 is 0. The summed E-state index contributed by atoms with van der Waals surface area (Å²) < 4.78 is 37.6. The number of amides is 1. The summed E-state index contributed by atoms with van der Waals surface area (Å²) in [6.45, 7) is 3.05. The van der Waals surface area contributed by atoms with Gasteiger partial charge in [0.25, 0.3) is 5.56 Å². The van der Waals surface area contributed by atoms with Crippen LogP contribution in [0.2, 0.25) is 0 Å². The van der Waals surface area contributed by atoms with Gasteiger partial charge in [0.1, 0.15) is 17.2 Å². The number of aromatic nitrogens is 4. The van der Waals surface area contributed by atoms with Gasteiger partial charge in [-0.1, -0.05) is 6.07 Å². The van der Waals surface area contributed by atoms with Gasteiger partial charge >= 0.3 is 0 Å². The fraction of sp³-hybridized carbons (Fsp3) is 0.0882. The number of carbonyl (C=O) groups excluding carboxylic acids is 2. The molecule has 6 aromatic rings. The summed E-state index contributed by atoms with van der Waals surface area (Å²) in [7, 11) is 0. The number of rotatable bonds is 8. The number of fused-ring (bicyclic) bond motifs is 1. The zero-order valence-corrected chi connectivity index (χ0v) is 24.1. The molecule has 0 aliphatic rings. The third-order valence-corrected chi connectivity index (χ3v) is 7.16. The van der Waals surface area contributed by atoms with Crippen molar-refractivity contribution < 1.29 is 23.1 Å². The van der Waals surface area contributed by atoms with Crippen molar-refractivity contribution in [1.82, 2.24) is 19.2 Å². The molecule has 224 valence electrons. The van der Waals surface area contributed by atoms with Crippen molar-refractivity contribution in [2.24, 2.45) is 0 Å². The van der Waals surface area contributed by atoms with Gasteiger partial charge in [0.15, 0.2) is 23.1 Å². The largest absolute Gasteiger partial charge is 0.452 e. The normalized spacial score (nSPS) is 11.0. The van der Waals surface area contributed by atoms with E-state index < -0.39 is 23.0 Å². The van der Waals surface area contributed by atoms with E-state index in [0.29, 0.717) is 33.9 Å². The maximum atomic E-state index is 15.4. The first-order valence-electron chi connectivity index (χ1n) is 13.9. The number of pyridine rings is 2. The van der Waals surface area contributed by atoms with E-state index in [0.717, 1.165) is 11.1 Å². The van der Waals surface area contributed by atoms with Gasteiger partial charge in [-0.2, -0.15) is 5.10 Å². The number of halogens is 2. The lowest BCUT2D eigenvalue weighted by molar-refractivity contribution is -0.114. The van der Waals surface area contributed by atoms with E-state index in [-0.39, 0.29) is 23.6 Å². The molecule has 1 amide bonds. The fourth-order valence-electron chi connectivity index (χ4n) is 5.04. The molecule has 0 fully saturated rings. The summed E-state index contributed by atoms with van der Waals surface area (Å²) in [6, 6.07) is 18.1. The van der Waals surface area contributed by atoms with Gasteiger partial charge in [0.2, 0.25) is 5.91 Å². The molecular formula is C34H25F2N5O4. The van der Waals surface area contributed by atoms with Gasteiger partial charge in [-0.25, -0.2) is 18.3 Å². The quantitative estimate of drug-likeness (QED) is 0.204. The van der Waals surface area contributed by atoms with Crippen molar-refractivity contribution in [2.75, 3.05) is 5.32 Å². The molecule has 6 rings (SSSR count). The first-order valence-corrected chi connectivity index (χ1v) is 13.9. The van der Waals surface area contributed by atoms with E-state index in [2.05, 4.69) is 15.4 Å². The number of aryl methyl sites for hydroxylation is 1. The number of nitrogens with one attached hydrogen (secondary N) is 1. The monoisotopic (exact) mass is 605 g/mol. The molecule has 2 aromatic carbocycles. The van der Waals surface area contributed by atoms with Crippen LogP contribution in [0.25, 0.3) is 22.3 Å². The average Bonchev–Trinajstić information content (AvgIpc) is 3.45. The molecule has 0 spiro atoms. The average molecular weight is 606 g/mol. The molecule has 0 aliphatic carbocycles. The summed E-state index contributed by atoms with van der Waals surface area (Å²) in [5.74, 6) is -1.18. The van der Waals surface area contributed by atoms with E-state index in [1.165, 1.54) is 60.3 Å². The Morgan fingerprint density at radius 2 is 1.73 bits per heavy atom. The van der Waals surface area contributed by atoms with Gasteiger partial charge < -0.3 is 10.1 Å². The van der Waals surface area contributed by atoms with Crippen LogP contribution in [0.5, 0.6) is 11.5 Å². The van der Waals surface area contributed by atoms with Crippen molar-refractivity contribution in [3.05, 3.63) is 136 Å². The number of Topliss-reactive ketones (excluding diaryl/α,β-unsaturated/α-hetero) is 1. The number of hydrogen-bond donors (Lipinski definition) is 1. The number of benzene rings is 2. The van der Waals surface area contributed by atoms with Gasteiger partial charge in [-0.15, -0.1) is 0 Å². The number of hydrogen-bond acceptors (Lipinski definition) is 6. The maximum absolute atomic E-state index is 15.4. The predicted molar refractivity (Wildman–Crippen MR) is 164 cm³/mol. The lowest BCUT2D eigenvalue weighted by Crippen LogP contribution is -2.27. The van der Waals surface area contributed by atoms with Crippen molar-refractivity contribution >= 4 is 23.0 Å². The SMILES string of the molecule is CC(=O)Nc1ccc(-c2ccn3nccc(Oc4ccc(CC(=O)c5c(C)ccn(-c6ccc(F)cc6)c5=O)cc4F)c23)cn1. The standard InChI is InChI=1S/C34H25F2N5O4/c1-20-12-15-40(25-7-5-24(35)6-8-25)34(44)32(20)28(43)18-22-3-9-29(27(36)17-22)45-30-11-14-38-41-16-13-26(33(30)41)23-4-10-31(37-19-23)39-21(2)42/h3-17,19H,18H2,1-2H3,(H,37,39,42). The Hall–Kier alpha value is -5.97. The molecule has 9 nitrogen and oxygen atoms in total. The summed E-state index contributed by atoms with van der Waals surface area (Å²) in [5, 5.41) is 6.94. The molecule has 0 atom stereocenters. The van der Waals surface area contributed by atoms with E-state index in [1.807, 2.05) is 6.07 Å². The lowest BCUT2D eigenvalue weighted by Gasteiger charge is -2.12. The molecule has 0 bridgehead atoms. The second-order valence-corrected chi connectivity index (χ2v) is 10.3. The summed E-state index contributed by atoms with van der Waals surface area (Å²) in [6.07, 6.45) is 6.17. The molecule has 0 unspecified atom stereocenters. The van der Waals surface area contributed by atoms with E-state index >= 15 is 4.39 Å². The number of anilines is 1. The Bertz CT molecular complexity index is 2140. The minimum absolute atomic E-state index is 0.0258. The smallest absolute Gasteiger partial charge is 0.266 e. The van der Waals surface area contributed by atoms with E-state index in [4.69, 9.17) is 4.74 Å². The minimum atomic E-state index is -0.696. The highest BCUT2D eigenvalue weighted by atomic mass is 19.1. The highest BCUT2D eigenvalue weighted by Crippen LogP contribution is 2.35. The van der Waals surface area contributed by atoms with Crippen LogP contribution in [0.4, 0.5) is 14.6 Å². The van der Waals surface area contributed by atoms with E-state index in [1.54, 1.807) is 54.2 Å². The van der Waals surface area contributed by atoms with Crippen LogP contribution in [0.15, 0.2) is 102 Å². The van der Waals surface area contributed by atoms with Crippen LogP contribution < -0.4 is 15.6 Å². The number of ketones is 1. The molecule has 4 aromatic heterocycles. The molecule has 45 heavy (non-hydrogen) atoms. The van der Waals surface area contributed by atoms with Crippen LogP contribution in [-0.2, 0) is 11.2 Å². The molecule has 0 radical (unpaired) electrons. The molecule has 11 heteroatoms.